The summed E-state index contributed by atoms with van der Waals surface area (Å²) < 4.78 is 29.5. The second kappa shape index (κ2) is 3.30. The summed E-state index contributed by atoms with van der Waals surface area (Å²) in [7, 11) is 1.30. The minimum atomic E-state index is -0.977. The zero-order valence-corrected chi connectivity index (χ0v) is 6.40. The molecule has 0 fully saturated rings. The Hall–Kier alpha value is -1.45. The molecule has 1 aromatic carbocycles. The normalized spacial score (nSPS) is 9.58. The lowest BCUT2D eigenvalue weighted by molar-refractivity contribution is 0.400. The quantitative estimate of drug-likeness (QED) is 0.508. The molecule has 0 aliphatic carbocycles. The van der Waals surface area contributed by atoms with E-state index in [1.54, 1.807) is 0 Å². The molecule has 0 bridgehead atoms. The molecule has 1 aromatic rings. The Morgan fingerprint density at radius 1 is 1.33 bits per heavy atom. The number of methoxy groups -OCH3 is 1. The highest BCUT2D eigenvalue weighted by Crippen LogP contribution is 2.08. The zero-order valence-electron chi connectivity index (χ0n) is 6.40. The SMILES string of the molecule is COC(=N)c1ccc(F)c(F)c1. The first-order valence-electron chi connectivity index (χ1n) is 3.23. The van der Waals surface area contributed by atoms with Crippen molar-refractivity contribution in [1.29, 1.82) is 5.41 Å². The van der Waals surface area contributed by atoms with E-state index in [1.165, 1.54) is 13.2 Å². The third kappa shape index (κ3) is 1.58. The van der Waals surface area contributed by atoms with E-state index in [0.29, 0.717) is 0 Å². The van der Waals surface area contributed by atoms with Gasteiger partial charge in [0.1, 0.15) is 0 Å². The van der Waals surface area contributed by atoms with Crippen molar-refractivity contribution in [2.75, 3.05) is 7.11 Å². The molecule has 0 heterocycles. The molecule has 0 unspecified atom stereocenters. The Balaban J connectivity index is 3.05. The number of halogens is 2. The topological polar surface area (TPSA) is 33.1 Å². The standard InChI is InChI=1S/C8H7F2NO/c1-12-8(11)5-2-3-6(9)7(10)4-5/h2-4,11H,1H3. The number of rotatable bonds is 1. The molecular weight excluding hydrogens is 164 g/mol. The second-order valence-electron chi connectivity index (χ2n) is 2.16. The number of benzene rings is 1. The number of hydrogen-bond acceptors (Lipinski definition) is 2. The van der Waals surface area contributed by atoms with Gasteiger partial charge in [0.05, 0.1) is 7.11 Å². The lowest BCUT2D eigenvalue weighted by Gasteiger charge is -2.01. The molecule has 0 aliphatic rings. The van der Waals surface area contributed by atoms with Crippen LogP contribution >= 0.6 is 0 Å². The monoisotopic (exact) mass is 171 g/mol. The summed E-state index contributed by atoms with van der Waals surface area (Å²) in [4.78, 5) is 0. The Bertz CT molecular complexity index is 312. The summed E-state index contributed by atoms with van der Waals surface area (Å²) in [5.74, 6) is -2.09. The van der Waals surface area contributed by atoms with Crippen LogP contribution in [0.2, 0.25) is 0 Å². The molecule has 0 spiro atoms. The first kappa shape index (κ1) is 8.64. The number of ether oxygens (including phenoxy) is 1. The van der Waals surface area contributed by atoms with Gasteiger partial charge in [0.15, 0.2) is 11.6 Å². The predicted octanol–water partition coefficient (Wildman–Crippen LogP) is 1.94. The van der Waals surface area contributed by atoms with Gasteiger partial charge in [-0.3, -0.25) is 5.41 Å². The van der Waals surface area contributed by atoms with Crippen molar-refractivity contribution in [2.45, 2.75) is 0 Å². The molecule has 0 amide bonds. The van der Waals surface area contributed by atoms with Crippen LogP contribution < -0.4 is 0 Å². The Kier molecular flexibility index (Phi) is 2.38. The van der Waals surface area contributed by atoms with Crippen molar-refractivity contribution in [2.24, 2.45) is 0 Å². The molecule has 64 valence electrons. The number of nitrogens with one attached hydrogen (secondary N) is 1. The van der Waals surface area contributed by atoms with E-state index in [2.05, 4.69) is 4.74 Å². The molecule has 0 saturated heterocycles. The summed E-state index contributed by atoms with van der Waals surface area (Å²) in [6.45, 7) is 0. The van der Waals surface area contributed by atoms with Crippen LogP contribution in [0, 0.1) is 17.0 Å². The van der Waals surface area contributed by atoms with Crippen molar-refractivity contribution in [3.05, 3.63) is 35.4 Å². The Labute approximate surface area is 68.3 Å². The van der Waals surface area contributed by atoms with Gasteiger partial charge in [-0.15, -0.1) is 0 Å². The maximum Gasteiger partial charge on any atom is 0.213 e. The molecule has 12 heavy (non-hydrogen) atoms. The van der Waals surface area contributed by atoms with E-state index >= 15 is 0 Å². The minimum Gasteiger partial charge on any atom is -0.481 e. The van der Waals surface area contributed by atoms with Crippen molar-refractivity contribution in [3.8, 4) is 0 Å². The summed E-state index contributed by atoms with van der Waals surface area (Å²) in [5.41, 5.74) is 0.219. The maximum atomic E-state index is 12.5. The van der Waals surface area contributed by atoms with Gasteiger partial charge >= 0.3 is 0 Å². The largest absolute Gasteiger partial charge is 0.481 e. The molecule has 4 heteroatoms. The van der Waals surface area contributed by atoms with Crippen LogP contribution in [0.1, 0.15) is 5.56 Å². The lowest BCUT2D eigenvalue weighted by Crippen LogP contribution is -2.02. The lowest BCUT2D eigenvalue weighted by atomic mass is 10.2. The summed E-state index contributed by atoms with van der Waals surface area (Å²) in [6.07, 6.45) is 0. The second-order valence-corrected chi connectivity index (χ2v) is 2.16. The highest BCUT2D eigenvalue weighted by Gasteiger charge is 2.05. The van der Waals surface area contributed by atoms with Crippen LogP contribution in [0.15, 0.2) is 18.2 Å². The van der Waals surface area contributed by atoms with E-state index in [1.807, 2.05) is 0 Å². The van der Waals surface area contributed by atoms with Crippen LogP contribution in [0.25, 0.3) is 0 Å². The highest BCUT2D eigenvalue weighted by molar-refractivity contribution is 5.91. The molecule has 0 radical (unpaired) electrons. The van der Waals surface area contributed by atoms with Gasteiger partial charge in [-0.2, -0.15) is 0 Å². The third-order valence-electron chi connectivity index (χ3n) is 1.39. The molecule has 0 aliphatic heterocycles. The Morgan fingerprint density at radius 3 is 2.50 bits per heavy atom. The van der Waals surface area contributed by atoms with E-state index in [-0.39, 0.29) is 11.5 Å². The fourth-order valence-electron chi connectivity index (χ4n) is 0.755. The first-order chi connectivity index (χ1) is 5.65. The third-order valence-corrected chi connectivity index (χ3v) is 1.39. The van der Waals surface area contributed by atoms with Crippen LogP contribution in [-0.4, -0.2) is 13.0 Å². The van der Waals surface area contributed by atoms with Crippen LogP contribution in [-0.2, 0) is 4.74 Å². The van der Waals surface area contributed by atoms with E-state index < -0.39 is 11.6 Å². The molecule has 0 saturated carbocycles. The maximum absolute atomic E-state index is 12.5. The smallest absolute Gasteiger partial charge is 0.213 e. The van der Waals surface area contributed by atoms with Crippen LogP contribution in [0.4, 0.5) is 8.78 Å². The van der Waals surface area contributed by atoms with Crippen LogP contribution in [0.3, 0.4) is 0 Å². The molecular formula is C8H7F2NO. The minimum absolute atomic E-state index is 0.186. The summed E-state index contributed by atoms with van der Waals surface area (Å²) in [5, 5.41) is 7.13. The van der Waals surface area contributed by atoms with Crippen molar-refractivity contribution in [1.82, 2.24) is 0 Å². The first-order valence-corrected chi connectivity index (χ1v) is 3.23. The highest BCUT2D eigenvalue weighted by atomic mass is 19.2. The molecule has 1 N–H and O–H groups in total. The van der Waals surface area contributed by atoms with Crippen molar-refractivity contribution < 1.29 is 13.5 Å². The predicted molar refractivity (Wildman–Crippen MR) is 40.2 cm³/mol. The number of hydrogen-bond donors (Lipinski definition) is 1. The Morgan fingerprint density at radius 2 is 2.00 bits per heavy atom. The van der Waals surface area contributed by atoms with Gasteiger partial charge in [0, 0.05) is 5.56 Å². The van der Waals surface area contributed by atoms with Gasteiger partial charge in [0.2, 0.25) is 5.90 Å². The average molecular weight is 171 g/mol. The molecule has 1 rings (SSSR count). The fraction of sp³-hybridized carbons (Fsp3) is 0.125. The molecule has 0 atom stereocenters. The molecule has 2 nitrogen and oxygen atoms in total. The van der Waals surface area contributed by atoms with Crippen molar-refractivity contribution >= 4 is 5.90 Å². The summed E-state index contributed by atoms with van der Waals surface area (Å²) in [6, 6.07) is 3.16. The van der Waals surface area contributed by atoms with Crippen molar-refractivity contribution in [3.63, 3.8) is 0 Å². The summed E-state index contributed by atoms with van der Waals surface area (Å²) >= 11 is 0. The zero-order chi connectivity index (χ0) is 9.14. The van der Waals surface area contributed by atoms with Gasteiger partial charge < -0.3 is 4.74 Å². The fourth-order valence-corrected chi connectivity index (χ4v) is 0.755. The van der Waals surface area contributed by atoms with Gasteiger partial charge in [-0.05, 0) is 18.2 Å². The van der Waals surface area contributed by atoms with E-state index in [0.717, 1.165) is 12.1 Å². The van der Waals surface area contributed by atoms with Gasteiger partial charge in [0.25, 0.3) is 0 Å². The molecule has 0 aromatic heterocycles. The van der Waals surface area contributed by atoms with E-state index in [4.69, 9.17) is 5.41 Å². The average Bonchev–Trinajstić information content (AvgIpc) is 2.08. The van der Waals surface area contributed by atoms with E-state index in [9.17, 15) is 8.78 Å². The van der Waals surface area contributed by atoms with Gasteiger partial charge in [-0.1, -0.05) is 0 Å². The van der Waals surface area contributed by atoms with Gasteiger partial charge in [-0.25, -0.2) is 8.78 Å². The van der Waals surface area contributed by atoms with Crippen LogP contribution in [0.5, 0.6) is 0 Å².